The number of hydrogen-bond donors (Lipinski definition) is 0. The van der Waals surface area contributed by atoms with E-state index in [4.69, 9.17) is 0 Å². The van der Waals surface area contributed by atoms with Gasteiger partial charge in [0.2, 0.25) is 5.16 Å². The Labute approximate surface area is 112 Å². The number of rotatable bonds is 5. The first kappa shape index (κ1) is 14.9. The number of nitrogens with zero attached hydrogens (tertiary/aromatic N) is 4. The summed E-state index contributed by atoms with van der Waals surface area (Å²) in [6, 6.07) is 0. The van der Waals surface area contributed by atoms with Gasteiger partial charge in [-0.2, -0.15) is 9.78 Å². The molecule has 0 saturated carbocycles. The molecule has 18 heavy (non-hydrogen) atoms. The first-order chi connectivity index (χ1) is 8.51. The average Bonchev–Trinajstić information content (AvgIpc) is 2.35. The molecule has 0 fully saturated rings. The summed E-state index contributed by atoms with van der Waals surface area (Å²) in [6.45, 7) is 8.02. The normalized spacial score (nSPS) is 13.4. The zero-order chi connectivity index (χ0) is 13.7. The Balaban J connectivity index is 3.32. The molecule has 0 saturated heterocycles. The highest BCUT2D eigenvalue weighted by Gasteiger charge is 2.15. The molecule has 0 aliphatic carbocycles. The van der Waals surface area contributed by atoms with Crippen LogP contribution >= 0.6 is 11.8 Å². The Kier molecular flexibility index (Phi) is 5.53. The minimum absolute atomic E-state index is 0.0985. The highest BCUT2D eigenvalue weighted by atomic mass is 32.2. The topological polar surface area (TPSA) is 60.1 Å². The SMILES string of the molecule is CCC(C)c1nnc(SC)n(N=CC(C)C)c1=O. The molecule has 0 N–H and O–H groups in total. The van der Waals surface area contributed by atoms with Gasteiger partial charge in [0.05, 0.1) is 0 Å². The van der Waals surface area contributed by atoms with Gasteiger partial charge in [-0.25, -0.2) is 0 Å². The van der Waals surface area contributed by atoms with Gasteiger partial charge >= 0.3 is 0 Å². The van der Waals surface area contributed by atoms with E-state index >= 15 is 0 Å². The molecule has 0 amide bonds. The van der Waals surface area contributed by atoms with Crippen molar-refractivity contribution in [3.05, 3.63) is 16.0 Å². The zero-order valence-electron chi connectivity index (χ0n) is 11.5. The molecular formula is C12H20N4OS. The molecule has 1 unspecified atom stereocenters. The maximum absolute atomic E-state index is 12.3. The van der Waals surface area contributed by atoms with E-state index in [1.807, 2.05) is 34.0 Å². The smallest absolute Gasteiger partial charge is 0.265 e. The fraction of sp³-hybridized carbons (Fsp3) is 0.667. The number of hydrogen-bond acceptors (Lipinski definition) is 5. The van der Waals surface area contributed by atoms with Gasteiger partial charge in [-0.1, -0.05) is 39.5 Å². The molecule has 1 rings (SSSR count). The lowest BCUT2D eigenvalue weighted by molar-refractivity contribution is 0.581. The minimum Gasteiger partial charge on any atom is -0.265 e. The first-order valence-electron chi connectivity index (χ1n) is 6.09. The summed E-state index contributed by atoms with van der Waals surface area (Å²) < 4.78 is 1.35. The highest BCUT2D eigenvalue weighted by Crippen LogP contribution is 2.14. The van der Waals surface area contributed by atoms with E-state index in [2.05, 4.69) is 15.3 Å². The van der Waals surface area contributed by atoms with Crippen LogP contribution in [0, 0.1) is 5.92 Å². The molecule has 0 bridgehead atoms. The number of thioether (sulfide) groups is 1. The summed E-state index contributed by atoms with van der Waals surface area (Å²) in [6.07, 6.45) is 4.45. The van der Waals surface area contributed by atoms with Crippen molar-refractivity contribution < 1.29 is 0 Å². The molecule has 0 spiro atoms. The molecule has 0 aliphatic heterocycles. The van der Waals surface area contributed by atoms with Crippen molar-refractivity contribution >= 4 is 18.0 Å². The van der Waals surface area contributed by atoms with Crippen molar-refractivity contribution in [1.82, 2.24) is 14.9 Å². The third-order valence-electron chi connectivity index (χ3n) is 2.58. The minimum atomic E-state index is -0.166. The van der Waals surface area contributed by atoms with Crippen LogP contribution in [0.4, 0.5) is 0 Å². The van der Waals surface area contributed by atoms with E-state index in [-0.39, 0.29) is 17.4 Å². The molecule has 0 aromatic carbocycles. The number of aromatic nitrogens is 3. The van der Waals surface area contributed by atoms with Gasteiger partial charge in [0.25, 0.3) is 5.56 Å². The molecule has 100 valence electrons. The first-order valence-corrected chi connectivity index (χ1v) is 7.31. The van der Waals surface area contributed by atoms with Gasteiger partial charge in [-0.3, -0.25) is 4.79 Å². The second-order valence-corrected chi connectivity index (χ2v) is 5.28. The van der Waals surface area contributed by atoms with Crippen LogP contribution < -0.4 is 5.56 Å². The maximum Gasteiger partial charge on any atom is 0.297 e. The second-order valence-electron chi connectivity index (χ2n) is 4.51. The van der Waals surface area contributed by atoms with Crippen LogP contribution in [0.5, 0.6) is 0 Å². The van der Waals surface area contributed by atoms with Crippen molar-refractivity contribution in [1.29, 1.82) is 0 Å². The van der Waals surface area contributed by atoms with Crippen molar-refractivity contribution in [3.63, 3.8) is 0 Å². The molecule has 1 atom stereocenters. The van der Waals surface area contributed by atoms with Crippen molar-refractivity contribution in [2.24, 2.45) is 11.0 Å². The van der Waals surface area contributed by atoms with Crippen LogP contribution in [0.1, 0.15) is 45.7 Å². The molecule has 0 radical (unpaired) electrons. The zero-order valence-corrected chi connectivity index (χ0v) is 12.4. The molecule has 0 aliphatic rings. The van der Waals surface area contributed by atoms with E-state index in [9.17, 15) is 4.79 Å². The third-order valence-corrected chi connectivity index (χ3v) is 3.20. The van der Waals surface area contributed by atoms with Crippen molar-refractivity contribution in [2.45, 2.75) is 45.2 Å². The molecule has 5 nitrogen and oxygen atoms in total. The summed E-state index contributed by atoms with van der Waals surface area (Å²) in [5, 5.41) is 12.8. The average molecular weight is 268 g/mol. The Bertz CT molecular complexity index is 481. The van der Waals surface area contributed by atoms with Gasteiger partial charge in [0, 0.05) is 12.1 Å². The van der Waals surface area contributed by atoms with Crippen LogP contribution in [0.15, 0.2) is 15.1 Å². The summed E-state index contributed by atoms with van der Waals surface area (Å²) in [5.74, 6) is 0.383. The Morgan fingerprint density at radius 2 is 2.06 bits per heavy atom. The molecule has 6 heteroatoms. The fourth-order valence-corrected chi connectivity index (χ4v) is 1.73. The molecule has 1 heterocycles. The molecular weight excluding hydrogens is 248 g/mol. The lowest BCUT2D eigenvalue weighted by Crippen LogP contribution is -2.27. The van der Waals surface area contributed by atoms with E-state index < -0.39 is 0 Å². The second kappa shape index (κ2) is 6.68. The third kappa shape index (κ3) is 3.41. The van der Waals surface area contributed by atoms with Gasteiger partial charge in [0.15, 0.2) is 0 Å². The molecule has 1 aromatic heterocycles. The van der Waals surface area contributed by atoms with Gasteiger partial charge < -0.3 is 0 Å². The largest absolute Gasteiger partial charge is 0.297 e. The van der Waals surface area contributed by atoms with E-state index in [0.29, 0.717) is 10.9 Å². The van der Waals surface area contributed by atoms with Crippen LogP contribution in [0.25, 0.3) is 0 Å². The van der Waals surface area contributed by atoms with E-state index in [1.165, 1.54) is 16.4 Å². The maximum atomic E-state index is 12.3. The Morgan fingerprint density at radius 3 is 2.56 bits per heavy atom. The van der Waals surface area contributed by atoms with Crippen LogP contribution in [-0.2, 0) is 0 Å². The summed E-state index contributed by atoms with van der Waals surface area (Å²) >= 11 is 1.36. The Morgan fingerprint density at radius 1 is 1.39 bits per heavy atom. The summed E-state index contributed by atoms with van der Waals surface area (Å²) in [4.78, 5) is 12.3. The quantitative estimate of drug-likeness (QED) is 0.607. The fourth-order valence-electron chi connectivity index (χ4n) is 1.31. The Hall–Kier alpha value is -1.17. The van der Waals surface area contributed by atoms with Crippen LogP contribution in [-0.4, -0.2) is 27.3 Å². The lowest BCUT2D eigenvalue weighted by atomic mass is 10.1. The van der Waals surface area contributed by atoms with Gasteiger partial charge in [0.1, 0.15) is 5.69 Å². The predicted octanol–water partition coefficient (Wildman–Crippen LogP) is 2.36. The van der Waals surface area contributed by atoms with Crippen LogP contribution in [0.3, 0.4) is 0 Å². The summed E-state index contributed by atoms with van der Waals surface area (Å²) in [7, 11) is 0. The standard InChI is InChI=1S/C12H20N4OS/c1-6-9(4)10-11(17)16(13-7-8(2)3)12(18-5)15-14-10/h7-9H,6H2,1-5H3. The molecule has 1 aromatic rings. The highest BCUT2D eigenvalue weighted by molar-refractivity contribution is 7.98. The lowest BCUT2D eigenvalue weighted by Gasteiger charge is -2.09. The predicted molar refractivity (Wildman–Crippen MR) is 75.5 cm³/mol. The van der Waals surface area contributed by atoms with E-state index in [1.54, 1.807) is 6.21 Å². The van der Waals surface area contributed by atoms with E-state index in [0.717, 1.165) is 6.42 Å². The van der Waals surface area contributed by atoms with Gasteiger partial charge in [-0.15, -0.1) is 10.2 Å². The van der Waals surface area contributed by atoms with Crippen LogP contribution in [0.2, 0.25) is 0 Å². The summed E-state index contributed by atoms with van der Waals surface area (Å²) in [5.41, 5.74) is 0.316. The van der Waals surface area contributed by atoms with Crippen molar-refractivity contribution in [3.8, 4) is 0 Å². The van der Waals surface area contributed by atoms with Gasteiger partial charge in [-0.05, 0) is 18.6 Å². The monoisotopic (exact) mass is 268 g/mol. The van der Waals surface area contributed by atoms with Crippen molar-refractivity contribution in [2.75, 3.05) is 6.26 Å².